The predicted molar refractivity (Wildman–Crippen MR) is 107 cm³/mol. The number of ketones is 1. The van der Waals surface area contributed by atoms with Crippen LogP contribution >= 0.6 is 0 Å². The number of aryl methyl sites for hydroxylation is 1. The zero-order chi connectivity index (χ0) is 20.8. The molecule has 0 saturated carbocycles. The van der Waals surface area contributed by atoms with E-state index in [9.17, 15) is 9.59 Å². The average molecular weight is 394 g/mol. The van der Waals surface area contributed by atoms with Crippen LogP contribution < -0.4 is 20.8 Å². The molecule has 0 aliphatic carbocycles. The van der Waals surface area contributed by atoms with Gasteiger partial charge in [-0.1, -0.05) is 18.2 Å². The number of benzene rings is 1. The molecule has 0 amide bonds. The Labute approximate surface area is 167 Å². The number of carbonyl (C=O) groups excluding carboxylic acids is 1. The fourth-order valence-corrected chi connectivity index (χ4v) is 2.78. The first-order chi connectivity index (χ1) is 14.0. The van der Waals surface area contributed by atoms with Gasteiger partial charge in [0.1, 0.15) is 24.7 Å². The second-order valence-corrected chi connectivity index (χ2v) is 6.44. The van der Waals surface area contributed by atoms with Crippen molar-refractivity contribution in [1.29, 1.82) is 0 Å². The molecule has 8 nitrogen and oxygen atoms in total. The highest BCUT2D eigenvalue weighted by Gasteiger charge is 2.12. The third kappa shape index (κ3) is 5.05. The van der Waals surface area contributed by atoms with Crippen LogP contribution in [0.5, 0.6) is 11.5 Å². The van der Waals surface area contributed by atoms with Crippen molar-refractivity contribution in [3.8, 4) is 11.5 Å². The second-order valence-electron chi connectivity index (χ2n) is 6.44. The van der Waals surface area contributed by atoms with E-state index >= 15 is 0 Å². The van der Waals surface area contributed by atoms with Crippen molar-refractivity contribution >= 4 is 5.78 Å². The van der Waals surface area contributed by atoms with Crippen LogP contribution in [0.4, 0.5) is 0 Å². The van der Waals surface area contributed by atoms with Gasteiger partial charge in [-0.05, 0) is 30.2 Å². The Hall–Kier alpha value is -3.52. The average Bonchev–Trinajstić information content (AvgIpc) is 2.74. The minimum absolute atomic E-state index is 0.151. The summed E-state index contributed by atoms with van der Waals surface area (Å²) >= 11 is 0. The first-order valence-electron chi connectivity index (χ1n) is 9.02. The van der Waals surface area contributed by atoms with Crippen LogP contribution in [0.15, 0.2) is 53.6 Å². The van der Waals surface area contributed by atoms with E-state index in [2.05, 4.69) is 10.1 Å². The van der Waals surface area contributed by atoms with E-state index in [0.717, 1.165) is 15.8 Å². The number of nitrogens with two attached hydrogens (primary N) is 1. The van der Waals surface area contributed by atoms with Gasteiger partial charge >= 0.3 is 0 Å². The molecular formula is C21H22N4O4. The zero-order valence-electron chi connectivity index (χ0n) is 16.3. The second kappa shape index (κ2) is 9.11. The van der Waals surface area contributed by atoms with Gasteiger partial charge in [0.25, 0.3) is 5.56 Å². The van der Waals surface area contributed by atoms with Gasteiger partial charge in [-0.15, -0.1) is 0 Å². The van der Waals surface area contributed by atoms with Gasteiger partial charge in [0, 0.05) is 18.2 Å². The van der Waals surface area contributed by atoms with Gasteiger partial charge in [-0.2, -0.15) is 5.10 Å². The normalized spacial score (nSPS) is 10.6. The van der Waals surface area contributed by atoms with Crippen LogP contribution in [0.3, 0.4) is 0 Å². The number of aromatic nitrogens is 3. The van der Waals surface area contributed by atoms with E-state index in [1.165, 1.54) is 12.3 Å². The number of methoxy groups -OCH3 is 1. The zero-order valence-corrected chi connectivity index (χ0v) is 16.3. The summed E-state index contributed by atoms with van der Waals surface area (Å²) in [5.41, 5.74) is 8.18. The van der Waals surface area contributed by atoms with E-state index < -0.39 is 5.56 Å². The van der Waals surface area contributed by atoms with Crippen molar-refractivity contribution in [1.82, 2.24) is 14.8 Å². The minimum atomic E-state index is -0.422. The lowest BCUT2D eigenvalue weighted by atomic mass is 10.0. The van der Waals surface area contributed by atoms with Crippen LogP contribution in [-0.4, -0.2) is 27.7 Å². The number of hydrogen-bond acceptors (Lipinski definition) is 7. The number of hydrogen-bond donors (Lipinski definition) is 1. The number of Topliss-reactive ketones (excluding diaryl/α,β-unsaturated/α-hetero) is 1. The molecule has 2 N–H and O–H groups in total. The Kier molecular flexibility index (Phi) is 6.36. The summed E-state index contributed by atoms with van der Waals surface area (Å²) in [5, 5.41) is 4.04. The summed E-state index contributed by atoms with van der Waals surface area (Å²) in [4.78, 5) is 29.1. The fraction of sp³-hybridized carbons (Fsp3) is 0.238. The molecule has 0 bridgehead atoms. The molecule has 2 heterocycles. The highest BCUT2D eigenvalue weighted by atomic mass is 16.5. The molecule has 3 aromatic rings. The van der Waals surface area contributed by atoms with E-state index in [1.54, 1.807) is 37.6 Å². The van der Waals surface area contributed by atoms with Crippen LogP contribution in [0, 0.1) is 6.92 Å². The maximum Gasteiger partial charge on any atom is 0.270 e. The molecule has 0 saturated heterocycles. The quantitative estimate of drug-likeness (QED) is 0.581. The number of ether oxygens (including phenoxy) is 2. The van der Waals surface area contributed by atoms with Gasteiger partial charge in [0.15, 0.2) is 5.78 Å². The van der Waals surface area contributed by atoms with E-state index in [4.69, 9.17) is 15.2 Å². The van der Waals surface area contributed by atoms with Crippen molar-refractivity contribution < 1.29 is 14.3 Å². The number of pyridine rings is 1. The first kappa shape index (κ1) is 20.2. The minimum Gasteiger partial charge on any atom is -0.495 e. The largest absolute Gasteiger partial charge is 0.495 e. The van der Waals surface area contributed by atoms with Crippen molar-refractivity contribution in [2.24, 2.45) is 5.73 Å². The standard InChI is InChI=1S/C21H22N4O4/c1-14-7-15(9-22)3-6-19(14)20(26)12-25-21(27)8-18(11-24-25)29-13-16-4-5-17(28-2)10-23-16/h3-8,10-11H,9,12-13,22H2,1-2H3. The lowest BCUT2D eigenvalue weighted by Gasteiger charge is -2.09. The van der Waals surface area contributed by atoms with Crippen molar-refractivity contribution in [3.63, 3.8) is 0 Å². The van der Waals surface area contributed by atoms with Gasteiger partial charge in [-0.25, -0.2) is 4.68 Å². The van der Waals surface area contributed by atoms with Crippen LogP contribution in [0.1, 0.15) is 27.2 Å². The summed E-state index contributed by atoms with van der Waals surface area (Å²) in [6.07, 6.45) is 2.99. The Morgan fingerprint density at radius 2 is 1.97 bits per heavy atom. The summed E-state index contributed by atoms with van der Waals surface area (Å²) in [5.74, 6) is 0.757. The topological polar surface area (TPSA) is 109 Å². The Balaban J connectivity index is 1.66. The Bertz CT molecular complexity index is 1060. The first-order valence-corrected chi connectivity index (χ1v) is 9.02. The highest BCUT2D eigenvalue weighted by molar-refractivity contribution is 5.97. The molecule has 1 aromatic carbocycles. The predicted octanol–water partition coefficient (Wildman–Crippen LogP) is 1.88. The fourth-order valence-electron chi connectivity index (χ4n) is 2.78. The summed E-state index contributed by atoms with van der Waals surface area (Å²) in [6, 6.07) is 10.2. The lowest BCUT2D eigenvalue weighted by Crippen LogP contribution is -2.26. The molecule has 0 atom stereocenters. The summed E-state index contributed by atoms with van der Waals surface area (Å²) in [7, 11) is 1.56. The molecule has 3 rings (SSSR count). The highest BCUT2D eigenvalue weighted by Crippen LogP contribution is 2.13. The van der Waals surface area contributed by atoms with Gasteiger partial charge in [-0.3, -0.25) is 14.6 Å². The molecule has 0 aliphatic rings. The smallest absolute Gasteiger partial charge is 0.270 e. The van der Waals surface area contributed by atoms with Crippen molar-refractivity contribution in [2.75, 3.05) is 7.11 Å². The Morgan fingerprint density at radius 3 is 2.59 bits per heavy atom. The molecule has 0 aliphatic heterocycles. The van der Waals surface area contributed by atoms with Crippen molar-refractivity contribution in [2.45, 2.75) is 26.6 Å². The van der Waals surface area contributed by atoms with E-state index in [-0.39, 0.29) is 18.9 Å². The Morgan fingerprint density at radius 1 is 1.14 bits per heavy atom. The molecule has 29 heavy (non-hydrogen) atoms. The SMILES string of the molecule is COc1ccc(COc2cnn(CC(=O)c3ccc(CN)cc3C)c(=O)c2)nc1. The van der Waals surface area contributed by atoms with Gasteiger partial charge in [0.2, 0.25) is 0 Å². The number of rotatable bonds is 8. The molecule has 0 fully saturated rings. The maximum atomic E-state index is 12.6. The molecule has 0 radical (unpaired) electrons. The molecular weight excluding hydrogens is 372 g/mol. The van der Waals surface area contributed by atoms with Crippen LogP contribution in [0.25, 0.3) is 0 Å². The molecule has 2 aromatic heterocycles. The monoisotopic (exact) mass is 394 g/mol. The number of nitrogens with zero attached hydrogens (tertiary/aromatic N) is 3. The van der Waals surface area contributed by atoms with E-state index in [0.29, 0.717) is 29.3 Å². The van der Waals surface area contributed by atoms with Gasteiger partial charge < -0.3 is 15.2 Å². The maximum absolute atomic E-state index is 12.6. The van der Waals surface area contributed by atoms with Gasteiger partial charge in [0.05, 0.1) is 25.2 Å². The third-order valence-corrected chi connectivity index (χ3v) is 4.38. The molecule has 0 spiro atoms. The molecule has 0 unspecified atom stereocenters. The summed E-state index contributed by atoms with van der Waals surface area (Å²) in [6.45, 7) is 2.28. The summed E-state index contributed by atoms with van der Waals surface area (Å²) < 4.78 is 11.7. The molecule has 8 heteroatoms. The number of carbonyl (C=O) groups is 1. The van der Waals surface area contributed by atoms with E-state index in [1.807, 2.05) is 13.0 Å². The van der Waals surface area contributed by atoms with Crippen LogP contribution in [0.2, 0.25) is 0 Å². The lowest BCUT2D eigenvalue weighted by molar-refractivity contribution is 0.0964. The van der Waals surface area contributed by atoms with Crippen LogP contribution in [-0.2, 0) is 19.7 Å². The third-order valence-electron chi connectivity index (χ3n) is 4.38. The van der Waals surface area contributed by atoms with Crippen molar-refractivity contribution in [3.05, 3.63) is 81.5 Å². The molecule has 150 valence electrons.